The Balaban J connectivity index is 2.53. The molecule has 192 valence electrons. The number of hydrogen-bond acceptors (Lipinski definition) is 5. The highest BCUT2D eigenvalue weighted by molar-refractivity contribution is 7.80. The summed E-state index contributed by atoms with van der Waals surface area (Å²) >= 11 is 5.51. The number of carbonyl (C=O) groups is 2. The molecule has 0 saturated heterocycles. The van der Waals surface area contributed by atoms with E-state index >= 15 is 0 Å². The molecular formula is C25H25F4N3O3S. The molecule has 11 heteroatoms. The molecule has 2 rings (SSSR count). The Labute approximate surface area is 212 Å². The summed E-state index contributed by atoms with van der Waals surface area (Å²) in [7, 11) is 1.38. The second kappa shape index (κ2) is 11.0. The maximum absolute atomic E-state index is 14.9. The molecule has 36 heavy (non-hydrogen) atoms. The number of nitriles is 1. The van der Waals surface area contributed by atoms with Gasteiger partial charge in [-0.3, -0.25) is 0 Å². The lowest BCUT2D eigenvalue weighted by Crippen LogP contribution is -2.54. The number of thiocarbonyl (C=S) groups is 1. The van der Waals surface area contributed by atoms with Crippen molar-refractivity contribution in [3.63, 3.8) is 0 Å². The largest absolute Gasteiger partial charge is 0.459 e. The third-order valence-electron chi connectivity index (χ3n) is 5.47. The predicted molar refractivity (Wildman–Crippen MR) is 131 cm³/mol. The van der Waals surface area contributed by atoms with Gasteiger partial charge >= 0.3 is 12.1 Å². The van der Waals surface area contributed by atoms with Crippen LogP contribution in [-0.4, -0.2) is 36.1 Å². The number of alkyl halides is 3. The van der Waals surface area contributed by atoms with Crippen molar-refractivity contribution < 1.29 is 31.9 Å². The van der Waals surface area contributed by atoms with Gasteiger partial charge in [-0.05, 0) is 75.8 Å². The van der Waals surface area contributed by atoms with Crippen LogP contribution in [0.2, 0.25) is 0 Å². The smallest absolute Gasteiger partial charge is 0.417 e. The molecule has 0 aliphatic heterocycles. The number of nitrogens with zero attached hydrogens (tertiary/aromatic N) is 3. The molecule has 6 nitrogen and oxygen atoms in total. The lowest BCUT2D eigenvalue weighted by molar-refractivity contribution is -0.137. The maximum Gasteiger partial charge on any atom is 0.417 e. The minimum atomic E-state index is -4.78. The summed E-state index contributed by atoms with van der Waals surface area (Å²) in [6, 6.07) is 8.12. The standard InChI is InChI=1S/C25H25F4N3O3S/c1-6-15(2)35-22(34)19-10-9-18(12-21(19)26)32(24(3,4)14-33)23(36)31(5)17-8-7-16(13-30)20(11-17)25(27,28)29/h7-12,14-15H,6H2,1-5H3. The summed E-state index contributed by atoms with van der Waals surface area (Å²) in [5.74, 6) is -1.78. The van der Waals surface area contributed by atoms with E-state index in [2.05, 4.69) is 0 Å². The van der Waals surface area contributed by atoms with Crippen molar-refractivity contribution in [2.75, 3.05) is 16.8 Å². The fraction of sp³-hybridized carbons (Fsp3) is 0.360. The van der Waals surface area contributed by atoms with E-state index in [4.69, 9.17) is 22.2 Å². The van der Waals surface area contributed by atoms with E-state index in [0.29, 0.717) is 12.7 Å². The Hall–Kier alpha value is -3.52. The number of ether oxygens (including phenoxy) is 1. The van der Waals surface area contributed by atoms with Crippen LogP contribution in [0.4, 0.5) is 28.9 Å². The van der Waals surface area contributed by atoms with Crippen LogP contribution in [0.25, 0.3) is 0 Å². The highest BCUT2D eigenvalue weighted by atomic mass is 32.1. The van der Waals surface area contributed by atoms with Gasteiger partial charge in [-0.15, -0.1) is 0 Å². The summed E-state index contributed by atoms with van der Waals surface area (Å²) in [5.41, 5.74) is -3.29. The Kier molecular flexibility index (Phi) is 8.80. The molecule has 0 bridgehead atoms. The average molecular weight is 524 g/mol. The van der Waals surface area contributed by atoms with Crippen molar-refractivity contribution >= 4 is 41.0 Å². The zero-order valence-electron chi connectivity index (χ0n) is 20.3. The molecule has 0 fully saturated rings. The fourth-order valence-corrected chi connectivity index (χ4v) is 3.66. The van der Waals surface area contributed by atoms with Gasteiger partial charge in [-0.2, -0.15) is 18.4 Å². The molecule has 0 saturated carbocycles. The van der Waals surface area contributed by atoms with E-state index in [-0.39, 0.29) is 22.1 Å². The van der Waals surface area contributed by atoms with Crippen molar-refractivity contribution in [1.29, 1.82) is 5.26 Å². The summed E-state index contributed by atoms with van der Waals surface area (Å²) in [6.07, 6.45) is -4.11. The van der Waals surface area contributed by atoms with E-state index in [0.717, 1.165) is 18.2 Å². The normalized spacial score (nSPS) is 12.3. The van der Waals surface area contributed by atoms with E-state index in [1.807, 2.05) is 0 Å². The van der Waals surface area contributed by atoms with Gasteiger partial charge in [-0.25, -0.2) is 9.18 Å². The van der Waals surface area contributed by atoms with Crippen LogP contribution in [0.1, 0.15) is 55.6 Å². The summed E-state index contributed by atoms with van der Waals surface area (Å²) in [6.45, 7) is 6.45. The third kappa shape index (κ3) is 6.18. The zero-order chi connectivity index (χ0) is 27.4. The van der Waals surface area contributed by atoms with Crippen molar-refractivity contribution in [3.05, 3.63) is 58.9 Å². The van der Waals surface area contributed by atoms with Gasteiger partial charge in [-0.1, -0.05) is 6.92 Å². The summed E-state index contributed by atoms with van der Waals surface area (Å²) < 4.78 is 60.5. The number of aldehydes is 1. The van der Waals surface area contributed by atoms with Crippen LogP contribution < -0.4 is 9.80 Å². The lowest BCUT2D eigenvalue weighted by atomic mass is 10.0. The number of halogens is 4. The Bertz CT molecular complexity index is 1210. The molecule has 0 radical (unpaired) electrons. The second-order valence-electron chi connectivity index (χ2n) is 8.58. The highest BCUT2D eigenvalue weighted by Gasteiger charge is 2.36. The van der Waals surface area contributed by atoms with Gasteiger partial charge in [0.2, 0.25) is 0 Å². The maximum atomic E-state index is 14.9. The third-order valence-corrected chi connectivity index (χ3v) is 5.93. The minimum absolute atomic E-state index is 0.00718. The molecule has 0 aromatic heterocycles. The molecule has 0 heterocycles. The average Bonchev–Trinajstić information content (AvgIpc) is 2.82. The number of rotatable bonds is 7. The van der Waals surface area contributed by atoms with Crippen LogP contribution in [0, 0.1) is 17.1 Å². The second-order valence-corrected chi connectivity index (χ2v) is 8.94. The Morgan fingerprint density at radius 3 is 2.31 bits per heavy atom. The van der Waals surface area contributed by atoms with Gasteiger partial charge < -0.3 is 19.3 Å². The van der Waals surface area contributed by atoms with E-state index in [9.17, 15) is 27.2 Å². The minimum Gasteiger partial charge on any atom is -0.459 e. The molecular weight excluding hydrogens is 498 g/mol. The zero-order valence-corrected chi connectivity index (χ0v) is 21.1. The first-order valence-corrected chi connectivity index (χ1v) is 11.2. The molecule has 1 unspecified atom stereocenters. The van der Waals surface area contributed by atoms with Crippen molar-refractivity contribution in [2.45, 2.75) is 51.9 Å². The summed E-state index contributed by atoms with van der Waals surface area (Å²) in [5, 5.41) is 8.91. The quantitative estimate of drug-likeness (QED) is 0.194. The van der Waals surface area contributed by atoms with Crippen molar-refractivity contribution in [2.24, 2.45) is 0 Å². The first-order chi connectivity index (χ1) is 16.7. The number of anilines is 2. The number of carbonyl (C=O) groups excluding carboxylic acids is 2. The first kappa shape index (κ1) is 28.7. The molecule has 1 atom stereocenters. The summed E-state index contributed by atoms with van der Waals surface area (Å²) in [4.78, 5) is 26.7. The van der Waals surface area contributed by atoms with Gasteiger partial charge in [0, 0.05) is 18.4 Å². The van der Waals surface area contributed by atoms with Crippen LogP contribution in [0.3, 0.4) is 0 Å². The van der Waals surface area contributed by atoms with Gasteiger partial charge in [0.05, 0.1) is 34.4 Å². The van der Waals surface area contributed by atoms with Crippen LogP contribution in [0.15, 0.2) is 36.4 Å². The van der Waals surface area contributed by atoms with Gasteiger partial charge in [0.1, 0.15) is 12.1 Å². The van der Waals surface area contributed by atoms with Gasteiger partial charge in [0.25, 0.3) is 0 Å². The van der Waals surface area contributed by atoms with Crippen molar-refractivity contribution in [1.82, 2.24) is 0 Å². The molecule has 0 amide bonds. The molecule has 0 aliphatic carbocycles. The van der Waals surface area contributed by atoms with Crippen LogP contribution >= 0.6 is 12.2 Å². The monoisotopic (exact) mass is 523 g/mol. The van der Waals surface area contributed by atoms with E-state index in [1.165, 1.54) is 55.0 Å². The van der Waals surface area contributed by atoms with E-state index in [1.54, 1.807) is 13.8 Å². The van der Waals surface area contributed by atoms with Gasteiger partial charge in [0.15, 0.2) is 5.11 Å². The Morgan fingerprint density at radius 2 is 1.81 bits per heavy atom. The Morgan fingerprint density at radius 1 is 1.19 bits per heavy atom. The number of benzene rings is 2. The number of esters is 1. The molecule has 0 spiro atoms. The van der Waals surface area contributed by atoms with Crippen molar-refractivity contribution in [3.8, 4) is 6.07 Å². The first-order valence-electron chi connectivity index (χ1n) is 10.8. The molecule has 2 aromatic rings. The lowest BCUT2D eigenvalue weighted by Gasteiger charge is -2.39. The SMILES string of the molecule is CCC(C)OC(=O)c1ccc(N(C(=S)N(C)c2ccc(C#N)c(C(F)(F)F)c2)C(C)(C)C=O)cc1F. The molecule has 0 aliphatic rings. The molecule has 0 N–H and O–H groups in total. The number of hydrogen-bond donors (Lipinski definition) is 0. The highest BCUT2D eigenvalue weighted by Crippen LogP contribution is 2.35. The fourth-order valence-electron chi connectivity index (χ4n) is 3.21. The van der Waals surface area contributed by atoms with Crippen LogP contribution in [-0.2, 0) is 15.7 Å². The van der Waals surface area contributed by atoms with Crippen LogP contribution in [0.5, 0.6) is 0 Å². The predicted octanol–water partition coefficient (Wildman–Crippen LogP) is 5.88. The molecule has 2 aromatic carbocycles. The van der Waals surface area contributed by atoms with E-state index < -0.39 is 40.7 Å². The topological polar surface area (TPSA) is 73.6 Å².